The normalized spacial score (nSPS) is 10.7. The summed E-state index contributed by atoms with van der Waals surface area (Å²) in [5.74, 6) is 0.518. The number of aromatic nitrogens is 3. The number of aryl methyl sites for hydroxylation is 1. The molecular weight excluding hydrogens is 316 g/mol. The van der Waals surface area contributed by atoms with Gasteiger partial charge < -0.3 is 8.94 Å². The molecule has 0 radical (unpaired) electrons. The lowest BCUT2D eigenvalue weighted by molar-refractivity contribution is 0.101. The number of carbonyl (C=O) groups excluding carboxylic acids is 1. The third kappa shape index (κ3) is 3.78. The van der Waals surface area contributed by atoms with E-state index in [1.807, 2.05) is 30.5 Å². The molecule has 1 amide bonds. The largest absolute Gasteiger partial charge is 0.407 e. The molecule has 1 aromatic carbocycles. The van der Waals surface area contributed by atoms with Crippen molar-refractivity contribution >= 4 is 23.7 Å². The van der Waals surface area contributed by atoms with Crippen LogP contribution in [0.5, 0.6) is 0 Å². The number of hydrogen-bond acceptors (Lipinski definition) is 7. The minimum absolute atomic E-state index is 0.0337. The van der Waals surface area contributed by atoms with Crippen LogP contribution in [0.3, 0.4) is 0 Å². The van der Waals surface area contributed by atoms with Gasteiger partial charge in [-0.05, 0) is 30.9 Å². The summed E-state index contributed by atoms with van der Waals surface area (Å²) in [5.41, 5.74) is 1.21. The summed E-state index contributed by atoms with van der Waals surface area (Å²) in [6, 6.07) is 9.64. The second-order valence-corrected chi connectivity index (χ2v) is 5.68. The SMILES string of the molecule is CSc1ccc(Cc2nnc(NC(=O)c3cc(C)on3)o2)cc1. The Labute approximate surface area is 136 Å². The molecular formula is C15H14N4O3S. The number of carbonyl (C=O) groups is 1. The summed E-state index contributed by atoms with van der Waals surface area (Å²) < 4.78 is 10.3. The zero-order chi connectivity index (χ0) is 16.2. The minimum atomic E-state index is -0.457. The number of anilines is 1. The second-order valence-electron chi connectivity index (χ2n) is 4.80. The molecule has 0 aliphatic rings. The van der Waals surface area contributed by atoms with E-state index in [0.717, 1.165) is 5.56 Å². The molecule has 0 aliphatic carbocycles. The first kappa shape index (κ1) is 15.3. The van der Waals surface area contributed by atoms with Gasteiger partial charge in [-0.2, -0.15) is 0 Å². The van der Waals surface area contributed by atoms with Crippen LogP contribution in [0.25, 0.3) is 0 Å². The van der Waals surface area contributed by atoms with E-state index in [1.54, 1.807) is 18.7 Å². The molecule has 2 aromatic heterocycles. The van der Waals surface area contributed by atoms with Crippen LogP contribution in [0.15, 0.2) is 44.2 Å². The maximum atomic E-state index is 11.9. The third-order valence-corrected chi connectivity index (χ3v) is 3.81. The van der Waals surface area contributed by atoms with Crippen LogP contribution in [-0.4, -0.2) is 27.5 Å². The highest BCUT2D eigenvalue weighted by Crippen LogP contribution is 2.17. The Kier molecular flexibility index (Phi) is 4.42. The fourth-order valence-electron chi connectivity index (χ4n) is 1.93. The summed E-state index contributed by atoms with van der Waals surface area (Å²) >= 11 is 1.68. The van der Waals surface area contributed by atoms with Gasteiger partial charge in [0.15, 0.2) is 5.69 Å². The van der Waals surface area contributed by atoms with Crippen molar-refractivity contribution in [3.05, 3.63) is 53.2 Å². The summed E-state index contributed by atoms with van der Waals surface area (Å²) in [6.45, 7) is 1.71. The first-order chi connectivity index (χ1) is 11.1. The number of rotatable bonds is 5. The van der Waals surface area contributed by atoms with E-state index in [1.165, 1.54) is 11.0 Å². The van der Waals surface area contributed by atoms with Crippen molar-refractivity contribution in [3.8, 4) is 0 Å². The second kappa shape index (κ2) is 6.66. The average Bonchev–Trinajstić information content (AvgIpc) is 3.17. The van der Waals surface area contributed by atoms with Crippen LogP contribution < -0.4 is 5.32 Å². The Morgan fingerprint density at radius 1 is 1.26 bits per heavy atom. The van der Waals surface area contributed by atoms with Crippen LogP contribution in [-0.2, 0) is 6.42 Å². The number of hydrogen-bond donors (Lipinski definition) is 1. The Balaban J connectivity index is 1.64. The highest BCUT2D eigenvalue weighted by Gasteiger charge is 2.15. The zero-order valence-electron chi connectivity index (χ0n) is 12.6. The van der Waals surface area contributed by atoms with Gasteiger partial charge in [0.2, 0.25) is 5.89 Å². The molecule has 0 aliphatic heterocycles. The predicted octanol–water partition coefficient (Wildman–Crippen LogP) is 2.93. The molecule has 1 N–H and O–H groups in total. The highest BCUT2D eigenvalue weighted by molar-refractivity contribution is 7.98. The van der Waals surface area contributed by atoms with Crippen molar-refractivity contribution in [1.29, 1.82) is 0 Å². The zero-order valence-corrected chi connectivity index (χ0v) is 13.4. The van der Waals surface area contributed by atoms with E-state index < -0.39 is 5.91 Å². The van der Waals surface area contributed by atoms with Gasteiger partial charge in [0.05, 0.1) is 6.42 Å². The van der Waals surface area contributed by atoms with E-state index in [2.05, 4.69) is 20.7 Å². The third-order valence-electron chi connectivity index (χ3n) is 3.06. The Bertz CT molecular complexity index is 810. The molecule has 3 rings (SSSR count). The molecule has 0 atom stereocenters. The smallest absolute Gasteiger partial charge is 0.322 e. The van der Waals surface area contributed by atoms with Gasteiger partial charge in [-0.15, -0.1) is 16.9 Å². The van der Waals surface area contributed by atoms with Crippen molar-refractivity contribution < 1.29 is 13.7 Å². The summed E-state index contributed by atoms with van der Waals surface area (Å²) in [5, 5.41) is 13.8. The van der Waals surface area contributed by atoms with Crippen molar-refractivity contribution in [2.75, 3.05) is 11.6 Å². The molecule has 0 bridgehead atoms. The molecule has 118 valence electrons. The summed E-state index contributed by atoms with van der Waals surface area (Å²) in [4.78, 5) is 13.1. The minimum Gasteiger partial charge on any atom is -0.407 e. The quantitative estimate of drug-likeness (QED) is 0.719. The predicted molar refractivity (Wildman–Crippen MR) is 84.5 cm³/mol. The van der Waals surface area contributed by atoms with Crippen LogP contribution in [0.4, 0.5) is 6.01 Å². The molecule has 0 unspecified atom stereocenters. The average molecular weight is 330 g/mol. The maximum Gasteiger partial charge on any atom is 0.322 e. The first-order valence-electron chi connectivity index (χ1n) is 6.84. The summed E-state index contributed by atoms with van der Waals surface area (Å²) in [7, 11) is 0. The van der Waals surface area contributed by atoms with Crippen LogP contribution in [0.2, 0.25) is 0 Å². The fraction of sp³-hybridized carbons (Fsp3) is 0.200. The lowest BCUT2D eigenvalue weighted by atomic mass is 10.1. The molecule has 23 heavy (non-hydrogen) atoms. The standard InChI is InChI=1S/C15H14N4O3S/c1-9-7-12(19-22-9)14(20)16-15-18-17-13(21-15)8-10-3-5-11(23-2)6-4-10/h3-7H,8H2,1-2H3,(H,16,18,20). The molecule has 8 heteroatoms. The number of nitrogens with one attached hydrogen (secondary N) is 1. The Morgan fingerprint density at radius 2 is 2.04 bits per heavy atom. The molecule has 3 aromatic rings. The van der Waals surface area contributed by atoms with E-state index in [9.17, 15) is 4.79 Å². The number of nitrogens with zero attached hydrogens (tertiary/aromatic N) is 3. The fourth-order valence-corrected chi connectivity index (χ4v) is 2.34. The lowest BCUT2D eigenvalue weighted by Gasteiger charge is -1.99. The van der Waals surface area contributed by atoms with Gasteiger partial charge >= 0.3 is 6.01 Å². The van der Waals surface area contributed by atoms with Crippen molar-refractivity contribution in [2.45, 2.75) is 18.2 Å². The van der Waals surface area contributed by atoms with E-state index >= 15 is 0 Å². The lowest BCUT2D eigenvalue weighted by Crippen LogP contribution is -2.12. The number of benzene rings is 1. The van der Waals surface area contributed by atoms with Gasteiger partial charge in [-0.25, -0.2) is 0 Å². The molecule has 0 saturated heterocycles. The molecule has 0 spiro atoms. The van der Waals surface area contributed by atoms with Gasteiger partial charge in [-0.1, -0.05) is 22.4 Å². The molecule has 0 saturated carbocycles. The Morgan fingerprint density at radius 3 is 2.70 bits per heavy atom. The molecule has 0 fully saturated rings. The number of thioether (sulfide) groups is 1. The van der Waals surface area contributed by atoms with E-state index in [-0.39, 0.29) is 11.7 Å². The van der Waals surface area contributed by atoms with Crippen molar-refractivity contribution in [1.82, 2.24) is 15.4 Å². The van der Waals surface area contributed by atoms with Gasteiger partial charge in [0.25, 0.3) is 5.91 Å². The van der Waals surface area contributed by atoms with Crippen molar-refractivity contribution in [2.24, 2.45) is 0 Å². The topological polar surface area (TPSA) is 94.1 Å². The van der Waals surface area contributed by atoms with Crippen LogP contribution in [0, 0.1) is 6.92 Å². The first-order valence-corrected chi connectivity index (χ1v) is 8.06. The highest BCUT2D eigenvalue weighted by atomic mass is 32.2. The van der Waals surface area contributed by atoms with E-state index in [0.29, 0.717) is 18.1 Å². The van der Waals surface area contributed by atoms with Gasteiger partial charge in [0.1, 0.15) is 5.76 Å². The van der Waals surface area contributed by atoms with Gasteiger partial charge in [0, 0.05) is 11.0 Å². The van der Waals surface area contributed by atoms with Crippen LogP contribution in [0.1, 0.15) is 27.7 Å². The Hall–Kier alpha value is -2.61. The maximum absolute atomic E-state index is 11.9. The molecule has 7 nitrogen and oxygen atoms in total. The summed E-state index contributed by atoms with van der Waals surface area (Å²) in [6.07, 6.45) is 2.53. The number of amides is 1. The van der Waals surface area contributed by atoms with Crippen molar-refractivity contribution in [3.63, 3.8) is 0 Å². The van der Waals surface area contributed by atoms with Gasteiger partial charge in [-0.3, -0.25) is 10.1 Å². The molecule has 2 heterocycles. The monoisotopic (exact) mass is 330 g/mol. The van der Waals surface area contributed by atoms with E-state index in [4.69, 9.17) is 8.94 Å². The van der Waals surface area contributed by atoms with Crippen LogP contribution >= 0.6 is 11.8 Å².